The van der Waals surface area contributed by atoms with Crippen molar-refractivity contribution in [2.75, 3.05) is 39.4 Å². The third-order valence-electron chi connectivity index (χ3n) is 9.20. The second-order valence-corrected chi connectivity index (χ2v) is 12.4. The summed E-state index contributed by atoms with van der Waals surface area (Å²) >= 11 is 0. The van der Waals surface area contributed by atoms with E-state index in [0.717, 1.165) is 53.0 Å². The van der Waals surface area contributed by atoms with Crippen molar-refractivity contribution < 1.29 is 42.1 Å². The van der Waals surface area contributed by atoms with Crippen molar-refractivity contribution in [3.05, 3.63) is 95.1 Å². The molecule has 48 heavy (non-hydrogen) atoms. The molecule has 0 aromatic heterocycles. The fraction of sp³-hybridized carbons (Fsp3) is 0.444. The van der Waals surface area contributed by atoms with Gasteiger partial charge in [-0.05, 0) is 40.7 Å². The molecule has 3 aliphatic rings. The van der Waals surface area contributed by atoms with E-state index in [0.29, 0.717) is 31.0 Å². The van der Waals surface area contributed by atoms with Crippen LogP contribution in [0.25, 0.3) is 11.1 Å². The van der Waals surface area contributed by atoms with Crippen LogP contribution in [-0.2, 0) is 37.0 Å². The summed E-state index contributed by atoms with van der Waals surface area (Å²) in [6.07, 6.45) is -4.70. The first kappa shape index (κ1) is 34.1. The molecule has 6 rings (SSSR count). The Bertz CT molecular complexity index is 1550. The molecule has 0 saturated carbocycles. The van der Waals surface area contributed by atoms with Gasteiger partial charge in [0, 0.05) is 44.7 Å². The summed E-state index contributed by atoms with van der Waals surface area (Å²) in [7, 11) is 0. The fourth-order valence-electron chi connectivity index (χ4n) is 6.63. The van der Waals surface area contributed by atoms with Crippen LogP contribution in [0.2, 0.25) is 0 Å². The van der Waals surface area contributed by atoms with Gasteiger partial charge in [0.25, 0.3) is 0 Å². The second-order valence-electron chi connectivity index (χ2n) is 12.4. The highest BCUT2D eigenvalue weighted by Crippen LogP contribution is 2.39. The molecule has 3 fully saturated rings. The maximum Gasteiger partial charge on any atom is 0.471 e. The highest BCUT2D eigenvalue weighted by molar-refractivity contribution is 5.90. The lowest BCUT2D eigenvalue weighted by Gasteiger charge is -2.39. The molecule has 256 valence electrons. The molecule has 3 aliphatic heterocycles. The molecule has 0 aliphatic carbocycles. The number of carbonyl (C=O) groups is 2. The summed E-state index contributed by atoms with van der Waals surface area (Å²) in [5, 5.41) is 12.2. The van der Waals surface area contributed by atoms with Crippen molar-refractivity contribution >= 4 is 11.8 Å². The number of nitrogens with zero attached hydrogens (tertiary/aromatic N) is 2. The number of nitrogens with one attached hydrogen (secondary N) is 1. The Labute approximate surface area is 277 Å². The number of aliphatic hydroxyl groups is 1. The fourth-order valence-corrected chi connectivity index (χ4v) is 6.63. The highest BCUT2D eigenvalue weighted by atomic mass is 19.4. The number of rotatable bonds is 9. The van der Waals surface area contributed by atoms with E-state index in [4.69, 9.17) is 14.2 Å². The summed E-state index contributed by atoms with van der Waals surface area (Å²) in [4.78, 5) is 27.7. The van der Waals surface area contributed by atoms with Gasteiger partial charge >= 0.3 is 12.1 Å². The molecule has 3 aromatic carbocycles. The summed E-state index contributed by atoms with van der Waals surface area (Å²) in [6.45, 7) is 3.81. The van der Waals surface area contributed by atoms with E-state index < -0.39 is 30.3 Å². The molecule has 2 N–H and O–H groups in total. The van der Waals surface area contributed by atoms with Gasteiger partial charge in [-0.3, -0.25) is 14.5 Å². The minimum absolute atomic E-state index is 0.0267. The molecule has 9 nitrogen and oxygen atoms in total. The van der Waals surface area contributed by atoms with Crippen LogP contribution in [0.3, 0.4) is 0 Å². The molecule has 4 unspecified atom stereocenters. The van der Waals surface area contributed by atoms with Crippen molar-refractivity contribution in [2.45, 2.75) is 63.1 Å². The Hall–Kier alpha value is -3.81. The number of alkyl halides is 3. The van der Waals surface area contributed by atoms with Gasteiger partial charge in [-0.2, -0.15) is 13.2 Å². The summed E-state index contributed by atoms with van der Waals surface area (Å²) in [6, 6.07) is 22.0. The molecule has 12 heteroatoms. The number of hydrogen-bond donors (Lipinski definition) is 2. The average Bonchev–Trinajstić information content (AvgIpc) is 3.60. The molecule has 2 amide bonds. The van der Waals surface area contributed by atoms with Crippen molar-refractivity contribution in [2.24, 2.45) is 0 Å². The zero-order valence-electron chi connectivity index (χ0n) is 26.5. The second kappa shape index (κ2) is 15.2. The van der Waals surface area contributed by atoms with E-state index in [1.54, 1.807) is 0 Å². The number of hydrogen-bond acceptors (Lipinski definition) is 7. The third-order valence-corrected chi connectivity index (χ3v) is 9.20. The van der Waals surface area contributed by atoms with E-state index in [2.05, 4.69) is 10.2 Å². The highest BCUT2D eigenvalue weighted by Gasteiger charge is 2.47. The number of aliphatic hydroxyl groups excluding tert-OH is 1. The Morgan fingerprint density at radius 3 is 2.31 bits per heavy atom. The van der Waals surface area contributed by atoms with E-state index in [1.165, 1.54) is 0 Å². The van der Waals surface area contributed by atoms with Crippen LogP contribution in [-0.4, -0.2) is 84.4 Å². The molecule has 0 spiro atoms. The van der Waals surface area contributed by atoms with Crippen LogP contribution in [0.5, 0.6) is 0 Å². The van der Waals surface area contributed by atoms with Crippen LogP contribution < -0.4 is 5.32 Å². The first-order valence-electron chi connectivity index (χ1n) is 16.3. The summed E-state index contributed by atoms with van der Waals surface area (Å²) in [5.74, 6) is -2.58. The molecular formula is C36H40F3N3O6. The lowest BCUT2D eigenvalue weighted by Crippen LogP contribution is -2.50. The standard InChI is InChI=1S/C36H40F3N3O6/c37-36(38,39)35(45)42-15-3-6-31(42)33(44)40-21-28-4-1-2-5-30(28)25-11-13-27(14-12-25)34-47-29(22-41-16-18-46-19-17-41)20-32(48-34)26-9-7-24(23-43)8-10-26/h1-2,4-5,7-14,29,31-32,34,43H,3,6,15-23H2,(H,40,44). The number of amides is 2. The molecule has 4 atom stereocenters. The molecule has 3 aromatic rings. The number of halogens is 3. The van der Waals surface area contributed by atoms with Gasteiger partial charge in [-0.15, -0.1) is 0 Å². The van der Waals surface area contributed by atoms with Crippen molar-refractivity contribution in [3.8, 4) is 11.1 Å². The van der Waals surface area contributed by atoms with Gasteiger partial charge in [0.05, 0.1) is 32.0 Å². The number of morpholine rings is 1. The number of ether oxygens (including phenoxy) is 3. The molecule has 3 heterocycles. The monoisotopic (exact) mass is 667 g/mol. The molecule has 3 saturated heterocycles. The van der Waals surface area contributed by atoms with Crippen LogP contribution in [0.1, 0.15) is 53.9 Å². The zero-order chi connectivity index (χ0) is 33.7. The molecule has 0 radical (unpaired) electrons. The van der Waals surface area contributed by atoms with Crippen LogP contribution in [0, 0.1) is 0 Å². The predicted molar refractivity (Wildman–Crippen MR) is 170 cm³/mol. The van der Waals surface area contributed by atoms with Crippen LogP contribution in [0.15, 0.2) is 72.8 Å². The average molecular weight is 668 g/mol. The Morgan fingerprint density at radius 2 is 1.60 bits per heavy atom. The predicted octanol–water partition coefficient (Wildman–Crippen LogP) is 4.89. The number of carbonyl (C=O) groups excluding carboxylic acids is 2. The normalized spacial score (nSPS) is 23.6. The van der Waals surface area contributed by atoms with Gasteiger partial charge in [0.2, 0.25) is 5.91 Å². The molecular weight excluding hydrogens is 627 g/mol. The minimum atomic E-state index is -5.02. The Kier molecular flexibility index (Phi) is 10.8. The third kappa shape index (κ3) is 8.07. The maximum absolute atomic E-state index is 13.1. The first-order valence-corrected chi connectivity index (χ1v) is 16.3. The lowest BCUT2D eigenvalue weighted by atomic mass is 9.97. The van der Waals surface area contributed by atoms with Crippen LogP contribution in [0.4, 0.5) is 13.2 Å². The quantitative estimate of drug-likeness (QED) is 0.335. The SMILES string of the molecule is O=C(NCc1ccccc1-c1ccc(C2OC(CN3CCOCC3)CC(c3ccc(CO)cc3)O2)cc1)C1CCCN1C(=O)C(F)(F)F. The summed E-state index contributed by atoms with van der Waals surface area (Å²) < 4.78 is 57.7. The van der Waals surface area contributed by atoms with Crippen molar-refractivity contribution in [3.63, 3.8) is 0 Å². The molecule has 0 bridgehead atoms. The lowest BCUT2D eigenvalue weighted by molar-refractivity contribution is -0.253. The largest absolute Gasteiger partial charge is 0.471 e. The first-order chi connectivity index (χ1) is 23.2. The van der Waals surface area contributed by atoms with Crippen molar-refractivity contribution in [1.82, 2.24) is 15.1 Å². The van der Waals surface area contributed by atoms with E-state index in [-0.39, 0.29) is 38.3 Å². The van der Waals surface area contributed by atoms with Gasteiger partial charge in [0.1, 0.15) is 6.04 Å². The van der Waals surface area contributed by atoms with Crippen LogP contribution >= 0.6 is 0 Å². The smallest absolute Gasteiger partial charge is 0.392 e. The van der Waals surface area contributed by atoms with Gasteiger partial charge in [-0.1, -0.05) is 72.8 Å². The van der Waals surface area contributed by atoms with Crippen molar-refractivity contribution in [1.29, 1.82) is 0 Å². The number of benzene rings is 3. The minimum Gasteiger partial charge on any atom is -0.392 e. The Balaban J connectivity index is 1.15. The Morgan fingerprint density at radius 1 is 0.896 bits per heavy atom. The maximum atomic E-state index is 13.1. The van der Waals surface area contributed by atoms with Gasteiger partial charge in [-0.25, -0.2) is 0 Å². The van der Waals surface area contributed by atoms with E-state index in [1.807, 2.05) is 72.8 Å². The van der Waals surface area contributed by atoms with E-state index >= 15 is 0 Å². The van der Waals surface area contributed by atoms with Gasteiger partial charge < -0.3 is 29.5 Å². The summed E-state index contributed by atoms with van der Waals surface area (Å²) in [5.41, 5.74) is 5.23. The van der Waals surface area contributed by atoms with Gasteiger partial charge in [0.15, 0.2) is 6.29 Å². The number of likely N-dealkylation sites (tertiary alicyclic amines) is 1. The van der Waals surface area contributed by atoms with E-state index in [9.17, 15) is 27.9 Å². The zero-order valence-corrected chi connectivity index (χ0v) is 26.5. The topological polar surface area (TPSA) is 101 Å².